The lowest BCUT2D eigenvalue weighted by atomic mass is 10.1. The van der Waals surface area contributed by atoms with Crippen LogP contribution in [0.2, 0.25) is 0 Å². The van der Waals surface area contributed by atoms with Crippen LogP contribution >= 0.6 is 12.4 Å². The van der Waals surface area contributed by atoms with Crippen molar-refractivity contribution >= 4 is 12.4 Å². The molecule has 0 aliphatic rings. The lowest BCUT2D eigenvalue weighted by Crippen LogP contribution is -2.18. The standard InChI is InChI=1S/C19H21NO2.ClH/c1-4-12-22-18-11-10-16(13-19(18)21-3)14-20-15(2)17-8-6-5-7-9-17;/h1,5-11,13,15,20H,12,14H2,2-3H3;1H. The summed E-state index contributed by atoms with van der Waals surface area (Å²) in [6.45, 7) is 3.14. The van der Waals surface area contributed by atoms with Gasteiger partial charge in [-0.15, -0.1) is 18.8 Å². The van der Waals surface area contributed by atoms with E-state index in [1.54, 1.807) is 7.11 Å². The molecule has 0 bridgehead atoms. The summed E-state index contributed by atoms with van der Waals surface area (Å²) in [6.07, 6.45) is 5.21. The smallest absolute Gasteiger partial charge is 0.162 e. The van der Waals surface area contributed by atoms with Gasteiger partial charge in [0.25, 0.3) is 0 Å². The molecule has 23 heavy (non-hydrogen) atoms. The van der Waals surface area contributed by atoms with E-state index in [9.17, 15) is 0 Å². The molecule has 0 aliphatic carbocycles. The summed E-state index contributed by atoms with van der Waals surface area (Å²) in [5, 5.41) is 3.50. The average Bonchev–Trinajstić information content (AvgIpc) is 2.58. The van der Waals surface area contributed by atoms with Crippen LogP contribution in [0.15, 0.2) is 48.5 Å². The molecule has 0 spiro atoms. The van der Waals surface area contributed by atoms with Crippen molar-refractivity contribution in [1.29, 1.82) is 0 Å². The quantitative estimate of drug-likeness (QED) is 0.778. The van der Waals surface area contributed by atoms with Crippen LogP contribution in [0, 0.1) is 12.3 Å². The number of hydrogen-bond donors (Lipinski definition) is 1. The molecule has 3 nitrogen and oxygen atoms in total. The number of methoxy groups -OCH3 is 1. The maximum absolute atomic E-state index is 5.45. The van der Waals surface area contributed by atoms with Crippen molar-refractivity contribution in [1.82, 2.24) is 5.32 Å². The molecule has 0 amide bonds. The first-order chi connectivity index (χ1) is 10.7. The van der Waals surface area contributed by atoms with Crippen LogP contribution in [0.5, 0.6) is 11.5 Å². The third-order valence-electron chi connectivity index (χ3n) is 3.45. The normalized spacial score (nSPS) is 11.0. The molecule has 0 saturated carbocycles. The number of terminal acetylenes is 1. The minimum Gasteiger partial charge on any atom is -0.493 e. The van der Waals surface area contributed by atoms with Crippen molar-refractivity contribution in [2.75, 3.05) is 13.7 Å². The first kappa shape index (κ1) is 18.9. The van der Waals surface area contributed by atoms with E-state index in [1.807, 2.05) is 36.4 Å². The molecule has 1 N–H and O–H groups in total. The van der Waals surface area contributed by atoms with Gasteiger partial charge >= 0.3 is 0 Å². The minimum atomic E-state index is 0. The number of hydrogen-bond acceptors (Lipinski definition) is 3. The topological polar surface area (TPSA) is 30.5 Å². The van der Waals surface area contributed by atoms with Crippen LogP contribution < -0.4 is 14.8 Å². The van der Waals surface area contributed by atoms with Gasteiger partial charge < -0.3 is 14.8 Å². The van der Waals surface area contributed by atoms with Crippen LogP contribution in [-0.4, -0.2) is 13.7 Å². The van der Waals surface area contributed by atoms with Crippen LogP contribution in [0.4, 0.5) is 0 Å². The largest absolute Gasteiger partial charge is 0.493 e. The van der Waals surface area contributed by atoms with Gasteiger partial charge in [0.05, 0.1) is 7.11 Å². The van der Waals surface area contributed by atoms with Gasteiger partial charge in [-0.2, -0.15) is 0 Å². The van der Waals surface area contributed by atoms with E-state index >= 15 is 0 Å². The second-order valence-electron chi connectivity index (χ2n) is 4.99. The van der Waals surface area contributed by atoms with E-state index in [-0.39, 0.29) is 25.1 Å². The maximum atomic E-state index is 5.45. The SMILES string of the molecule is C#CCOc1ccc(CNC(C)c2ccccc2)cc1OC.Cl. The summed E-state index contributed by atoms with van der Waals surface area (Å²) in [5.74, 6) is 3.81. The van der Waals surface area contributed by atoms with Crippen LogP contribution in [-0.2, 0) is 6.54 Å². The van der Waals surface area contributed by atoms with Crippen molar-refractivity contribution in [2.24, 2.45) is 0 Å². The van der Waals surface area contributed by atoms with Gasteiger partial charge in [-0.25, -0.2) is 0 Å². The molecule has 0 aliphatic heterocycles. The Balaban J connectivity index is 0.00000264. The van der Waals surface area contributed by atoms with Crippen molar-refractivity contribution in [2.45, 2.75) is 19.5 Å². The lowest BCUT2D eigenvalue weighted by molar-refractivity contribution is 0.330. The van der Waals surface area contributed by atoms with E-state index in [0.717, 1.165) is 12.1 Å². The second kappa shape index (κ2) is 9.78. The molecule has 0 aromatic heterocycles. The van der Waals surface area contributed by atoms with Crippen LogP contribution in [0.1, 0.15) is 24.1 Å². The Morgan fingerprint density at radius 3 is 2.52 bits per heavy atom. The molecule has 2 rings (SSSR count). The molecule has 2 aromatic carbocycles. The molecule has 122 valence electrons. The highest BCUT2D eigenvalue weighted by Crippen LogP contribution is 2.28. The first-order valence-electron chi connectivity index (χ1n) is 7.26. The van der Waals surface area contributed by atoms with E-state index in [0.29, 0.717) is 11.5 Å². The monoisotopic (exact) mass is 331 g/mol. The zero-order chi connectivity index (χ0) is 15.8. The Morgan fingerprint density at radius 2 is 1.87 bits per heavy atom. The van der Waals surface area contributed by atoms with Crippen molar-refractivity contribution in [3.8, 4) is 23.8 Å². The summed E-state index contributed by atoms with van der Waals surface area (Å²) in [7, 11) is 1.63. The summed E-state index contributed by atoms with van der Waals surface area (Å²) < 4.78 is 10.8. The first-order valence-corrected chi connectivity index (χ1v) is 7.26. The van der Waals surface area contributed by atoms with Gasteiger partial charge in [-0.3, -0.25) is 0 Å². The molecule has 0 radical (unpaired) electrons. The summed E-state index contributed by atoms with van der Waals surface area (Å²) in [5.41, 5.74) is 2.40. The van der Waals surface area contributed by atoms with Crippen molar-refractivity contribution in [3.05, 3.63) is 59.7 Å². The van der Waals surface area contributed by atoms with Gasteiger partial charge in [0.1, 0.15) is 6.61 Å². The second-order valence-corrected chi connectivity index (χ2v) is 4.99. The number of rotatable bonds is 7. The zero-order valence-electron chi connectivity index (χ0n) is 13.4. The van der Waals surface area contributed by atoms with Crippen molar-refractivity contribution < 1.29 is 9.47 Å². The molecule has 4 heteroatoms. The average molecular weight is 332 g/mol. The van der Waals surface area contributed by atoms with Gasteiger partial charge in [-0.1, -0.05) is 42.3 Å². The highest BCUT2D eigenvalue weighted by Gasteiger charge is 2.07. The summed E-state index contributed by atoms with van der Waals surface area (Å²) >= 11 is 0. The molecular formula is C19H22ClNO2. The molecule has 0 saturated heterocycles. The predicted molar refractivity (Wildman–Crippen MR) is 96.3 cm³/mol. The van der Waals surface area contributed by atoms with E-state index in [2.05, 4.69) is 30.3 Å². The molecule has 2 aromatic rings. The summed E-state index contributed by atoms with van der Waals surface area (Å²) in [4.78, 5) is 0. The van der Waals surface area contributed by atoms with Crippen LogP contribution in [0.3, 0.4) is 0 Å². The minimum absolute atomic E-state index is 0. The number of nitrogens with one attached hydrogen (secondary N) is 1. The predicted octanol–water partition coefficient (Wildman–Crippen LogP) is 3.98. The fourth-order valence-corrected chi connectivity index (χ4v) is 2.19. The van der Waals surface area contributed by atoms with E-state index in [1.165, 1.54) is 5.56 Å². The maximum Gasteiger partial charge on any atom is 0.162 e. The van der Waals surface area contributed by atoms with Gasteiger partial charge in [0, 0.05) is 12.6 Å². The fourth-order valence-electron chi connectivity index (χ4n) is 2.19. The van der Waals surface area contributed by atoms with E-state index in [4.69, 9.17) is 15.9 Å². The van der Waals surface area contributed by atoms with Gasteiger partial charge in [0.15, 0.2) is 11.5 Å². The van der Waals surface area contributed by atoms with Crippen LogP contribution in [0.25, 0.3) is 0 Å². The third-order valence-corrected chi connectivity index (χ3v) is 3.45. The molecule has 0 heterocycles. The molecule has 1 unspecified atom stereocenters. The van der Waals surface area contributed by atoms with Gasteiger partial charge in [0.2, 0.25) is 0 Å². The molecule has 1 atom stereocenters. The Hall–Kier alpha value is -2.15. The summed E-state index contributed by atoms with van der Waals surface area (Å²) in [6, 6.07) is 16.5. The molecular weight excluding hydrogens is 310 g/mol. The fraction of sp³-hybridized carbons (Fsp3) is 0.263. The Morgan fingerprint density at radius 1 is 1.13 bits per heavy atom. The number of benzene rings is 2. The van der Waals surface area contributed by atoms with Gasteiger partial charge in [-0.05, 0) is 30.2 Å². The third kappa shape index (κ3) is 5.52. The Kier molecular flexibility index (Phi) is 8.04. The van der Waals surface area contributed by atoms with Crippen molar-refractivity contribution in [3.63, 3.8) is 0 Å². The lowest BCUT2D eigenvalue weighted by Gasteiger charge is -2.15. The number of halogens is 1. The highest BCUT2D eigenvalue weighted by atomic mass is 35.5. The Bertz CT molecular complexity index is 638. The highest BCUT2D eigenvalue weighted by molar-refractivity contribution is 5.85. The van der Waals surface area contributed by atoms with E-state index < -0.39 is 0 Å². The number of ether oxygens (including phenoxy) is 2. The zero-order valence-corrected chi connectivity index (χ0v) is 14.2. The molecule has 0 fully saturated rings. The Labute approximate surface area is 144 Å².